The van der Waals surface area contributed by atoms with Crippen molar-refractivity contribution in [2.45, 2.75) is 150 Å². The molecule has 1 saturated heterocycles. The Kier molecular flexibility index (Phi) is 14.7. The highest BCUT2D eigenvalue weighted by Crippen LogP contribution is 2.49. The molecule has 330 valence electrons. The SMILES string of the molecule is CC(C)(C)C1CC2c3ccccc3NC2(O)N1.CC(C)(C)c1c[nH]c2cc(CO)ccc12.CCc1ccc(C(C)(C)C)cc1[N+](=O)[O-].Cc1ccc(C(C)(C)C)cc1[N+](=O)[O-]. The molecule has 1 aromatic heterocycles. The van der Waals surface area contributed by atoms with Gasteiger partial charge in [-0.25, -0.2) is 0 Å². The van der Waals surface area contributed by atoms with Crippen molar-refractivity contribution < 1.29 is 20.1 Å². The maximum absolute atomic E-state index is 10.9. The van der Waals surface area contributed by atoms with Crippen LogP contribution in [0, 0.1) is 32.6 Å². The molecular formula is C50H69N5O6. The number of aromatic amines is 1. The van der Waals surface area contributed by atoms with Gasteiger partial charge >= 0.3 is 0 Å². The van der Waals surface area contributed by atoms with E-state index in [1.165, 1.54) is 16.5 Å². The van der Waals surface area contributed by atoms with Crippen molar-refractivity contribution in [1.29, 1.82) is 0 Å². The number of anilines is 1. The molecule has 3 unspecified atom stereocenters. The van der Waals surface area contributed by atoms with Gasteiger partial charge in [-0.3, -0.25) is 25.5 Å². The van der Waals surface area contributed by atoms with Crippen LogP contribution in [0.2, 0.25) is 0 Å². The second-order valence-corrected chi connectivity index (χ2v) is 20.5. The lowest BCUT2D eigenvalue weighted by Gasteiger charge is -2.30. The molecule has 11 nitrogen and oxygen atoms in total. The second-order valence-electron chi connectivity index (χ2n) is 20.5. The van der Waals surface area contributed by atoms with Gasteiger partial charge in [-0.05, 0) is 81.4 Å². The lowest BCUT2D eigenvalue weighted by molar-refractivity contribution is -0.385. The van der Waals surface area contributed by atoms with Gasteiger partial charge in [0.1, 0.15) is 0 Å². The first-order chi connectivity index (χ1) is 28.1. The number of rotatable bonds is 4. The minimum atomic E-state index is -0.957. The van der Waals surface area contributed by atoms with Gasteiger partial charge in [0.05, 0.1) is 16.5 Å². The number of aryl methyl sites for hydroxylation is 2. The van der Waals surface area contributed by atoms with E-state index in [2.05, 4.69) is 96.3 Å². The van der Waals surface area contributed by atoms with Crippen LogP contribution in [0.15, 0.2) is 85.1 Å². The van der Waals surface area contributed by atoms with E-state index in [4.69, 9.17) is 5.11 Å². The normalized spacial score (nSPS) is 18.3. The number of nitro benzene ring substituents is 2. The predicted molar refractivity (Wildman–Crippen MR) is 249 cm³/mol. The Morgan fingerprint density at radius 3 is 1.85 bits per heavy atom. The van der Waals surface area contributed by atoms with Crippen LogP contribution >= 0.6 is 0 Å². The van der Waals surface area contributed by atoms with E-state index >= 15 is 0 Å². The van der Waals surface area contributed by atoms with Crippen LogP contribution in [0.3, 0.4) is 0 Å². The third-order valence-corrected chi connectivity index (χ3v) is 11.6. The predicted octanol–water partition coefficient (Wildman–Crippen LogP) is 11.9. The van der Waals surface area contributed by atoms with Crippen molar-refractivity contribution in [3.05, 3.63) is 144 Å². The summed E-state index contributed by atoms with van der Waals surface area (Å²) in [6, 6.07) is 25.5. The van der Waals surface area contributed by atoms with Gasteiger partial charge in [-0.2, -0.15) is 0 Å². The molecule has 0 spiro atoms. The van der Waals surface area contributed by atoms with Gasteiger partial charge in [0.15, 0.2) is 5.85 Å². The quantitative estimate of drug-likeness (QED) is 0.0881. The van der Waals surface area contributed by atoms with Crippen LogP contribution in [0.1, 0.15) is 141 Å². The summed E-state index contributed by atoms with van der Waals surface area (Å²) in [6.07, 6.45) is 3.73. The molecule has 3 heterocycles. The zero-order valence-corrected chi connectivity index (χ0v) is 38.8. The van der Waals surface area contributed by atoms with Crippen LogP contribution in [-0.2, 0) is 29.3 Å². The average Bonchev–Trinajstić information content (AvgIpc) is 3.83. The van der Waals surface area contributed by atoms with Crippen molar-refractivity contribution >= 4 is 28.0 Å². The van der Waals surface area contributed by atoms with Gasteiger partial charge in [0, 0.05) is 58.0 Å². The zero-order valence-electron chi connectivity index (χ0n) is 38.8. The van der Waals surface area contributed by atoms with E-state index in [9.17, 15) is 25.3 Å². The summed E-state index contributed by atoms with van der Waals surface area (Å²) in [5.41, 5.74) is 9.84. The zero-order chi connectivity index (χ0) is 45.9. The van der Waals surface area contributed by atoms with Gasteiger partial charge in [-0.15, -0.1) is 0 Å². The highest BCUT2D eigenvalue weighted by Gasteiger charge is 2.53. The van der Waals surface area contributed by atoms with Gasteiger partial charge in [-0.1, -0.05) is 145 Å². The Balaban J connectivity index is 0.000000180. The number of nitro groups is 2. The molecule has 7 rings (SSSR count). The molecular weight excluding hydrogens is 767 g/mol. The number of hydrogen-bond acceptors (Lipinski definition) is 8. The van der Waals surface area contributed by atoms with Crippen LogP contribution in [0.5, 0.6) is 0 Å². The van der Waals surface area contributed by atoms with Crippen molar-refractivity contribution in [3.63, 3.8) is 0 Å². The molecule has 61 heavy (non-hydrogen) atoms. The fourth-order valence-electron chi connectivity index (χ4n) is 7.66. The number of aliphatic hydroxyl groups is 2. The number of para-hydroxylation sites is 1. The standard InChI is InChI=1S/C14H20N2O.C13H17NO.C12H17NO2.C11H15NO2/c1-13(2,3)12-8-10-9-6-4-5-7-11(9)15-14(10,17)16-12;1-13(2,3)11-7-14-12-6-9(8-15)4-5-10(11)12;1-5-9-6-7-10(12(2,3)4)8-11(9)13(14)15;1-8-5-6-9(11(2,3)4)7-10(8)12(13)14/h4-7,10,12,15-17H,8H2,1-3H3;4-7,14-15H,8H2,1-3H3;6-8H,5H2,1-4H3;5-7H,1-4H3. The number of aromatic nitrogens is 1. The Bertz CT molecular complexity index is 2320. The molecule has 2 aliphatic rings. The number of H-pyrrole nitrogens is 1. The molecule has 4 aromatic carbocycles. The number of nitrogens with one attached hydrogen (secondary N) is 3. The van der Waals surface area contributed by atoms with Gasteiger partial charge in [0.25, 0.3) is 11.4 Å². The summed E-state index contributed by atoms with van der Waals surface area (Å²) in [5, 5.41) is 49.1. The molecule has 2 aliphatic heterocycles. The fraction of sp³-hybridized carbons (Fsp3) is 0.480. The number of fused-ring (bicyclic) bond motifs is 4. The average molecular weight is 836 g/mol. The van der Waals surface area contributed by atoms with E-state index < -0.39 is 5.85 Å². The number of aliphatic hydroxyl groups excluding tert-OH is 1. The van der Waals surface area contributed by atoms with E-state index in [0.717, 1.165) is 39.9 Å². The Hall–Kier alpha value is -5.10. The van der Waals surface area contributed by atoms with Crippen molar-refractivity contribution in [3.8, 4) is 0 Å². The smallest absolute Gasteiger partial charge is 0.272 e. The number of benzene rings is 4. The molecule has 0 amide bonds. The summed E-state index contributed by atoms with van der Waals surface area (Å²) in [5.74, 6) is -0.801. The summed E-state index contributed by atoms with van der Waals surface area (Å²) in [4.78, 5) is 24.2. The third kappa shape index (κ3) is 11.8. The molecule has 0 aliphatic carbocycles. The summed E-state index contributed by atoms with van der Waals surface area (Å²) in [6.45, 7) is 29.3. The molecule has 5 aromatic rings. The molecule has 1 fully saturated rings. The fourth-order valence-corrected chi connectivity index (χ4v) is 7.66. The number of nitrogens with zero attached hydrogens (tertiary/aromatic N) is 2. The van der Waals surface area contributed by atoms with Crippen molar-refractivity contribution in [2.24, 2.45) is 5.41 Å². The van der Waals surface area contributed by atoms with E-state index in [-0.39, 0.29) is 55.4 Å². The Morgan fingerprint density at radius 1 is 0.754 bits per heavy atom. The maximum Gasteiger partial charge on any atom is 0.272 e. The molecule has 0 bridgehead atoms. The lowest BCUT2D eigenvalue weighted by atomic mass is 9.83. The van der Waals surface area contributed by atoms with Gasteiger partial charge in [0.2, 0.25) is 0 Å². The Morgan fingerprint density at radius 2 is 1.33 bits per heavy atom. The van der Waals surface area contributed by atoms with Crippen molar-refractivity contribution in [1.82, 2.24) is 10.3 Å². The van der Waals surface area contributed by atoms with E-state index in [0.29, 0.717) is 18.0 Å². The van der Waals surface area contributed by atoms with E-state index in [1.807, 2.05) is 76.2 Å². The summed E-state index contributed by atoms with van der Waals surface area (Å²) in [7, 11) is 0. The lowest BCUT2D eigenvalue weighted by Crippen LogP contribution is -2.52. The minimum Gasteiger partial charge on any atom is -0.392 e. The first kappa shape index (κ1) is 48.6. The van der Waals surface area contributed by atoms with Crippen LogP contribution < -0.4 is 10.6 Å². The van der Waals surface area contributed by atoms with E-state index in [1.54, 1.807) is 25.1 Å². The van der Waals surface area contributed by atoms with Crippen LogP contribution in [-0.4, -0.2) is 36.9 Å². The monoisotopic (exact) mass is 836 g/mol. The maximum atomic E-state index is 10.9. The highest BCUT2D eigenvalue weighted by molar-refractivity contribution is 5.84. The molecule has 11 heteroatoms. The first-order valence-electron chi connectivity index (χ1n) is 21.2. The number of hydrogen-bond donors (Lipinski definition) is 5. The highest BCUT2D eigenvalue weighted by atomic mass is 16.6. The largest absolute Gasteiger partial charge is 0.392 e. The minimum absolute atomic E-state index is 0.0432. The van der Waals surface area contributed by atoms with Gasteiger partial charge < -0.3 is 20.5 Å². The van der Waals surface area contributed by atoms with Crippen LogP contribution in [0.25, 0.3) is 10.9 Å². The summed E-state index contributed by atoms with van der Waals surface area (Å²) >= 11 is 0. The first-order valence-corrected chi connectivity index (χ1v) is 21.2. The molecule has 3 atom stereocenters. The second kappa shape index (κ2) is 18.5. The summed E-state index contributed by atoms with van der Waals surface area (Å²) < 4.78 is 0. The molecule has 0 radical (unpaired) electrons. The topological polar surface area (TPSA) is 167 Å². The van der Waals surface area contributed by atoms with Crippen LogP contribution in [0.4, 0.5) is 17.1 Å². The molecule has 0 saturated carbocycles. The van der Waals surface area contributed by atoms with Crippen molar-refractivity contribution in [2.75, 3.05) is 5.32 Å². The molecule has 5 N–H and O–H groups in total. The Labute approximate surface area is 362 Å². The third-order valence-electron chi connectivity index (χ3n) is 11.6.